The fourth-order valence-electron chi connectivity index (χ4n) is 5.39. The fraction of sp³-hybridized carbons (Fsp3) is 0.344. The molecule has 3 aromatic rings. The Bertz CT molecular complexity index is 1520. The lowest BCUT2D eigenvalue weighted by Crippen LogP contribution is -2.55. The van der Waals surface area contributed by atoms with Gasteiger partial charge in [0.2, 0.25) is 27.7 Å². The van der Waals surface area contributed by atoms with Gasteiger partial charge in [-0.2, -0.15) is 0 Å². The first-order valence-corrected chi connectivity index (χ1v) is 16.2. The van der Waals surface area contributed by atoms with Crippen molar-refractivity contribution < 1.29 is 27.9 Å². The van der Waals surface area contributed by atoms with E-state index in [4.69, 9.17) is 11.5 Å². The van der Waals surface area contributed by atoms with Gasteiger partial charge in [-0.1, -0.05) is 72.8 Å². The van der Waals surface area contributed by atoms with Gasteiger partial charge in [-0.15, -0.1) is 0 Å². The summed E-state index contributed by atoms with van der Waals surface area (Å²) in [6.07, 6.45) is 1.50. The van der Waals surface area contributed by atoms with Gasteiger partial charge in [0.1, 0.15) is 17.8 Å². The highest BCUT2D eigenvalue weighted by atomic mass is 32.2. The largest absolute Gasteiger partial charge is 0.508 e. The molecule has 0 spiro atoms. The maximum atomic E-state index is 13.5. The van der Waals surface area contributed by atoms with E-state index in [1.54, 1.807) is 60.7 Å². The topological polar surface area (TPSA) is 185 Å². The van der Waals surface area contributed by atoms with Crippen molar-refractivity contribution in [3.8, 4) is 5.75 Å². The number of nitrogens with two attached hydrogens (primary N) is 2. The summed E-state index contributed by atoms with van der Waals surface area (Å²) in [5.74, 6) is -2.10. The lowest BCUT2D eigenvalue weighted by atomic mass is 10.0. The molecular weight excluding hydrogens is 582 g/mol. The molecule has 0 unspecified atom stereocenters. The molecule has 1 aliphatic rings. The monoisotopic (exact) mass is 621 g/mol. The third-order valence-corrected chi connectivity index (χ3v) is 9.11. The summed E-state index contributed by atoms with van der Waals surface area (Å²) in [4.78, 5) is 40.5. The van der Waals surface area contributed by atoms with Gasteiger partial charge >= 0.3 is 0 Å². The first-order chi connectivity index (χ1) is 21.0. The fourth-order valence-corrected chi connectivity index (χ4v) is 6.96. The molecule has 11 nitrogen and oxygen atoms in total. The second kappa shape index (κ2) is 15.0. The Balaban J connectivity index is 1.46. The first kappa shape index (κ1) is 32.6. The van der Waals surface area contributed by atoms with Crippen molar-refractivity contribution in [1.82, 2.24) is 14.9 Å². The van der Waals surface area contributed by atoms with Crippen molar-refractivity contribution >= 4 is 27.7 Å². The van der Waals surface area contributed by atoms with Gasteiger partial charge in [-0.3, -0.25) is 14.4 Å². The second-order valence-electron chi connectivity index (χ2n) is 11.1. The molecule has 0 aromatic heterocycles. The lowest BCUT2D eigenvalue weighted by Gasteiger charge is -2.28. The van der Waals surface area contributed by atoms with E-state index in [1.165, 1.54) is 17.0 Å². The number of phenols is 1. The van der Waals surface area contributed by atoms with Crippen LogP contribution in [0, 0.1) is 0 Å². The summed E-state index contributed by atoms with van der Waals surface area (Å²) in [7, 11) is -4.09. The molecule has 0 saturated carbocycles. The van der Waals surface area contributed by atoms with Gasteiger partial charge < -0.3 is 26.8 Å². The van der Waals surface area contributed by atoms with Crippen molar-refractivity contribution in [3.05, 3.63) is 102 Å². The van der Waals surface area contributed by atoms with E-state index >= 15 is 0 Å². The number of nitrogens with one attached hydrogen (secondary N) is 2. The normalized spacial score (nSPS) is 17.0. The molecule has 0 radical (unpaired) electrons. The summed E-state index contributed by atoms with van der Waals surface area (Å²) < 4.78 is 29.5. The van der Waals surface area contributed by atoms with Crippen molar-refractivity contribution in [1.29, 1.82) is 0 Å². The van der Waals surface area contributed by atoms with E-state index in [9.17, 15) is 27.9 Å². The van der Waals surface area contributed by atoms with E-state index < -0.39 is 51.8 Å². The Morgan fingerprint density at radius 3 is 1.95 bits per heavy atom. The average molecular weight is 622 g/mol. The zero-order valence-corrected chi connectivity index (χ0v) is 25.2. The van der Waals surface area contributed by atoms with Gasteiger partial charge in [0.25, 0.3) is 0 Å². The van der Waals surface area contributed by atoms with Crippen LogP contribution in [0.1, 0.15) is 29.5 Å². The Morgan fingerprint density at radius 1 is 0.841 bits per heavy atom. The van der Waals surface area contributed by atoms with Gasteiger partial charge in [-0.05, 0) is 54.5 Å². The van der Waals surface area contributed by atoms with Crippen LogP contribution in [0.25, 0.3) is 0 Å². The standard InChI is InChI=1S/C32H39N5O6S/c33-27(18-24-13-15-26(38)16-14-24)32(41)37-17-7-12-25(37)21-44(42,43)36-29(20-23-10-5-2-6-11-23)31(40)35-28(30(34)39)19-22-8-3-1-4-9-22/h1-6,8-11,13-16,25,27-29,36,38H,7,12,17-21,33H2,(H2,34,39)(H,35,40)/t25-,27+,28+,29+/m1/s1. The van der Waals surface area contributed by atoms with Crippen LogP contribution < -0.4 is 21.5 Å². The van der Waals surface area contributed by atoms with E-state index in [-0.39, 0.29) is 30.9 Å². The SMILES string of the molecule is NC(=O)[C@H](Cc1ccccc1)NC(=O)[C@H](Cc1ccccc1)NS(=O)(=O)C[C@H]1CCCN1C(=O)[C@@H](N)Cc1ccc(O)cc1. The molecule has 4 atom stereocenters. The predicted octanol–water partition coefficient (Wildman–Crippen LogP) is 0.997. The molecular formula is C32H39N5O6S. The zero-order chi connectivity index (χ0) is 31.7. The number of aromatic hydroxyl groups is 1. The third-order valence-electron chi connectivity index (χ3n) is 7.64. The van der Waals surface area contributed by atoms with Crippen LogP contribution in [0.3, 0.4) is 0 Å². The average Bonchev–Trinajstić information content (AvgIpc) is 3.45. The summed E-state index contributed by atoms with van der Waals surface area (Å²) >= 11 is 0. The highest BCUT2D eigenvalue weighted by molar-refractivity contribution is 7.89. The van der Waals surface area contributed by atoms with E-state index in [1.807, 2.05) is 12.1 Å². The maximum absolute atomic E-state index is 13.5. The molecule has 4 rings (SSSR count). The highest BCUT2D eigenvalue weighted by Gasteiger charge is 2.36. The molecule has 234 valence electrons. The molecule has 3 amide bonds. The number of rotatable bonds is 14. The molecule has 1 fully saturated rings. The number of amides is 3. The number of carbonyl (C=O) groups excluding carboxylic acids is 3. The van der Waals surface area contributed by atoms with Crippen molar-refractivity contribution in [2.75, 3.05) is 12.3 Å². The molecule has 1 saturated heterocycles. The minimum atomic E-state index is -4.09. The third kappa shape index (κ3) is 9.37. The van der Waals surface area contributed by atoms with Gasteiger partial charge in [0, 0.05) is 19.0 Å². The van der Waals surface area contributed by atoms with Crippen LogP contribution in [0.15, 0.2) is 84.9 Å². The number of hydrogen-bond acceptors (Lipinski definition) is 7. The Labute approximate surface area is 257 Å². The Morgan fingerprint density at radius 2 is 1.39 bits per heavy atom. The van der Waals surface area contributed by atoms with E-state index in [2.05, 4.69) is 10.0 Å². The van der Waals surface area contributed by atoms with E-state index in [0.717, 1.165) is 11.1 Å². The molecule has 0 bridgehead atoms. The summed E-state index contributed by atoms with van der Waals surface area (Å²) in [5.41, 5.74) is 14.1. The molecule has 1 heterocycles. The zero-order valence-electron chi connectivity index (χ0n) is 24.3. The number of sulfonamides is 1. The van der Waals surface area contributed by atoms with Crippen LogP contribution >= 0.6 is 0 Å². The van der Waals surface area contributed by atoms with Crippen molar-refractivity contribution in [3.63, 3.8) is 0 Å². The predicted molar refractivity (Wildman–Crippen MR) is 167 cm³/mol. The number of carbonyl (C=O) groups is 3. The number of benzene rings is 3. The summed E-state index contributed by atoms with van der Waals surface area (Å²) in [5, 5.41) is 12.1. The van der Waals surface area contributed by atoms with Crippen LogP contribution in [-0.2, 0) is 43.7 Å². The molecule has 12 heteroatoms. The van der Waals surface area contributed by atoms with Crippen LogP contribution in [-0.4, -0.2) is 72.6 Å². The minimum absolute atomic E-state index is 0.0353. The van der Waals surface area contributed by atoms with Crippen molar-refractivity contribution in [2.45, 2.75) is 56.3 Å². The Kier molecular flexibility index (Phi) is 11.1. The van der Waals surface area contributed by atoms with Crippen molar-refractivity contribution in [2.24, 2.45) is 11.5 Å². The molecule has 3 aromatic carbocycles. The number of phenolic OH excluding ortho intramolecular Hbond substituents is 1. The molecule has 1 aliphatic heterocycles. The smallest absolute Gasteiger partial charge is 0.240 e. The second-order valence-corrected chi connectivity index (χ2v) is 12.9. The van der Waals surface area contributed by atoms with Crippen LogP contribution in [0.5, 0.6) is 5.75 Å². The van der Waals surface area contributed by atoms with Crippen LogP contribution in [0.2, 0.25) is 0 Å². The number of primary amides is 1. The highest BCUT2D eigenvalue weighted by Crippen LogP contribution is 2.21. The van der Waals surface area contributed by atoms with Crippen LogP contribution in [0.4, 0.5) is 0 Å². The lowest BCUT2D eigenvalue weighted by molar-refractivity contribution is -0.133. The summed E-state index contributed by atoms with van der Waals surface area (Å²) in [6.45, 7) is 0.371. The molecule has 44 heavy (non-hydrogen) atoms. The maximum Gasteiger partial charge on any atom is 0.240 e. The minimum Gasteiger partial charge on any atom is -0.508 e. The van der Waals surface area contributed by atoms with Gasteiger partial charge in [-0.25, -0.2) is 13.1 Å². The van der Waals surface area contributed by atoms with Gasteiger partial charge in [0.05, 0.1) is 11.8 Å². The number of likely N-dealkylation sites (tertiary alicyclic amines) is 1. The van der Waals surface area contributed by atoms with E-state index in [0.29, 0.717) is 24.9 Å². The Hall–Kier alpha value is -4.26. The number of hydrogen-bond donors (Lipinski definition) is 5. The number of nitrogens with zero attached hydrogens (tertiary/aromatic N) is 1. The van der Waals surface area contributed by atoms with Gasteiger partial charge in [0.15, 0.2) is 0 Å². The molecule has 7 N–H and O–H groups in total. The first-order valence-electron chi connectivity index (χ1n) is 14.5. The quantitative estimate of drug-likeness (QED) is 0.178. The summed E-state index contributed by atoms with van der Waals surface area (Å²) in [6, 6.07) is 20.6. The molecule has 0 aliphatic carbocycles.